The Morgan fingerprint density at radius 2 is 2.35 bits per heavy atom. The van der Waals surface area contributed by atoms with E-state index in [1.807, 2.05) is 6.20 Å². The molecule has 3 nitrogen and oxygen atoms in total. The second-order valence-corrected chi connectivity index (χ2v) is 8.25. The monoisotopic (exact) mass is 357 g/mol. The molecule has 112 valence electrons. The molecule has 1 aliphatic heterocycles. The molecule has 0 aromatic carbocycles. The fraction of sp³-hybridized carbons (Fsp3) is 0.667. The molecule has 1 unspecified atom stereocenters. The van der Waals surface area contributed by atoms with E-state index in [2.05, 4.69) is 69.7 Å². The van der Waals surface area contributed by atoms with Crippen molar-refractivity contribution in [1.82, 2.24) is 10.3 Å². The van der Waals surface area contributed by atoms with E-state index < -0.39 is 0 Å². The van der Waals surface area contributed by atoms with E-state index in [1.54, 1.807) is 0 Å². The van der Waals surface area contributed by atoms with E-state index in [4.69, 9.17) is 0 Å². The van der Waals surface area contributed by atoms with E-state index in [-0.39, 0.29) is 0 Å². The van der Waals surface area contributed by atoms with Crippen LogP contribution in [-0.4, -0.2) is 35.6 Å². The Morgan fingerprint density at radius 3 is 3.05 bits per heavy atom. The number of hydrogen-bond donors (Lipinski definition) is 1. The molecule has 0 bridgehead atoms. The van der Waals surface area contributed by atoms with E-state index in [0.29, 0.717) is 11.2 Å². The van der Waals surface area contributed by atoms with Crippen molar-refractivity contribution in [1.29, 1.82) is 0 Å². The van der Waals surface area contributed by atoms with Gasteiger partial charge in [-0.1, -0.05) is 20.8 Å². The molecule has 1 aromatic rings. The number of rotatable bonds is 5. The van der Waals surface area contributed by atoms with Gasteiger partial charge in [0.25, 0.3) is 0 Å². The molecule has 0 saturated carbocycles. The van der Waals surface area contributed by atoms with E-state index in [9.17, 15) is 0 Å². The first-order valence-corrected chi connectivity index (χ1v) is 9.12. The summed E-state index contributed by atoms with van der Waals surface area (Å²) in [4.78, 5) is 7.09. The van der Waals surface area contributed by atoms with Gasteiger partial charge >= 0.3 is 0 Å². The van der Waals surface area contributed by atoms with Gasteiger partial charge in [0, 0.05) is 46.9 Å². The normalized spacial score (nSPS) is 19.6. The van der Waals surface area contributed by atoms with Crippen LogP contribution in [0.3, 0.4) is 0 Å². The van der Waals surface area contributed by atoms with Crippen molar-refractivity contribution in [2.24, 2.45) is 5.92 Å². The van der Waals surface area contributed by atoms with Crippen LogP contribution in [-0.2, 0) is 6.54 Å². The van der Waals surface area contributed by atoms with E-state index in [1.165, 1.54) is 11.3 Å². The van der Waals surface area contributed by atoms with Gasteiger partial charge in [-0.3, -0.25) is 0 Å². The standard InChI is InChI=1S/C15H24BrN3S/c1-11(2)7-17-8-13-6-14(16)9-18-15(13)19-4-5-20-12(3)10-19/h6,9,11-12,17H,4-5,7-8,10H2,1-3H3. The van der Waals surface area contributed by atoms with Crippen molar-refractivity contribution in [3.63, 3.8) is 0 Å². The molecular weight excluding hydrogens is 334 g/mol. The van der Waals surface area contributed by atoms with Gasteiger partial charge in [-0.15, -0.1) is 0 Å². The molecule has 2 rings (SSSR count). The highest BCUT2D eigenvalue weighted by atomic mass is 79.9. The highest BCUT2D eigenvalue weighted by molar-refractivity contribution is 9.10. The molecule has 5 heteroatoms. The lowest BCUT2D eigenvalue weighted by Gasteiger charge is -2.33. The molecule has 1 aromatic heterocycles. The maximum absolute atomic E-state index is 4.66. The third kappa shape index (κ3) is 4.64. The lowest BCUT2D eigenvalue weighted by molar-refractivity contribution is 0.551. The van der Waals surface area contributed by atoms with Crippen LogP contribution in [0.4, 0.5) is 5.82 Å². The van der Waals surface area contributed by atoms with Crippen LogP contribution in [0.2, 0.25) is 0 Å². The summed E-state index contributed by atoms with van der Waals surface area (Å²) in [6.45, 7) is 10.9. The summed E-state index contributed by atoms with van der Waals surface area (Å²) >= 11 is 5.59. The Labute approximate surface area is 135 Å². The number of pyridine rings is 1. The fourth-order valence-electron chi connectivity index (χ4n) is 2.40. The number of nitrogens with one attached hydrogen (secondary N) is 1. The average Bonchev–Trinajstić information content (AvgIpc) is 2.38. The Balaban J connectivity index is 2.10. The largest absolute Gasteiger partial charge is 0.354 e. The van der Waals surface area contributed by atoms with Gasteiger partial charge in [0.15, 0.2) is 0 Å². The van der Waals surface area contributed by atoms with E-state index in [0.717, 1.165) is 36.5 Å². The molecule has 1 atom stereocenters. The first-order chi connectivity index (χ1) is 9.56. The van der Waals surface area contributed by atoms with E-state index >= 15 is 0 Å². The van der Waals surface area contributed by atoms with Gasteiger partial charge in [0.05, 0.1) is 0 Å². The zero-order chi connectivity index (χ0) is 14.5. The smallest absolute Gasteiger partial charge is 0.133 e. The van der Waals surface area contributed by atoms with Crippen LogP contribution >= 0.6 is 27.7 Å². The Kier molecular flexibility index (Phi) is 6.18. The van der Waals surface area contributed by atoms with Crippen molar-refractivity contribution in [2.75, 3.05) is 30.3 Å². The molecule has 0 aliphatic carbocycles. The minimum Gasteiger partial charge on any atom is -0.354 e. The van der Waals surface area contributed by atoms with Crippen molar-refractivity contribution in [3.8, 4) is 0 Å². The fourth-order valence-corrected chi connectivity index (χ4v) is 3.79. The summed E-state index contributed by atoms with van der Waals surface area (Å²) in [6.07, 6.45) is 1.91. The van der Waals surface area contributed by atoms with Gasteiger partial charge in [-0.2, -0.15) is 11.8 Å². The molecule has 0 radical (unpaired) electrons. The first kappa shape index (κ1) is 16.1. The SMILES string of the molecule is CC(C)CNCc1cc(Br)cnc1N1CCSC(C)C1. The second-order valence-electron chi connectivity index (χ2n) is 5.79. The number of hydrogen-bond acceptors (Lipinski definition) is 4. The van der Waals surface area contributed by atoms with Crippen LogP contribution in [0, 0.1) is 5.92 Å². The van der Waals surface area contributed by atoms with Gasteiger partial charge in [-0.05, 0) is 34.5 Å². The Morgan fingerprint density at radius 1 is 1.55 bits per heavy atom. The topological polar surface area (TPSA) is 28.2 Å². The number of aromatic nitrogens is 1. The third-order valence-corrected chi connectivity index (χ3v) is 4.89. The molecule has 20 heavy (non-hydrogen) atoms. The van der Waals surface area contributed by atoms with Crippen molar-refractivity contribution in [2.45, 2.75) is 32.6 Å². The van der Waals surface area contributed by atoms with Crippen molar-refractivity contribution >= 4 is 33.5 Å². The lowest BCUT2D eigenvalue weighted by atomic mass is 10.2. The highest BCUT2D eigenvalue weighted by Gasteiger charge is 2.20. The number of anilines is 1. The maximum atomic E-state index is 4.66. The quantitative estimate of drug-likeness (QED) is 0.872. The van der Waals surface area contributed by atoms with Crippen molar-refractivity contribution in [3.05, 3.63) is 22.3 Å². The summed E-state index contributed by atoms with van der Waals surface area (Å²) in [5, 5.41) is 4.21. The van der Waals surface area contributed by atoms with Crippen LogP contribution in [0.5, 0.6) is 0 Å². The highest BCUT2D eigenvalue weighted by Crippen LogP contribution is 2.26. The Bertz CT molecular complexity index is 439. The predicted octanol–water partition coefficient (Wildman–Crippen LogP) is 3.53. The summed E-state index contributed by atoms with van der Waals surface area (Å²) in [5.74, 6) is 3.01. The molecule has 1 aliphatic rings. The molecule has 2 heterocycles. The molecule has 0 spiro atoms. The molecule has 1 fully saturated rings. The zero-order valence-corrected chi connectivity index (χ0v) is 14.9. The molecule has 1 saturated heterocycles. The summed E-state index contributed by atoms with van der Waals surface area (Å²) in [7, 11) is 0. The van der Waals surface area contributed by atoms with Crippen molar-refractivity contribution < 1.29 is 0 Å². The summed E-state index contributed by atoms with van der Waals surface area (Å²) in [5.41, 5.74) is 1.29. The van der Waals surface area contributed by atoms with Crippen LogP contribution in [0.15, 0.2) is 16.7 Å². The first-order valence-electron chi connectivity index (χ1n) is 7.28. The van der Waals surface area contributed by atoms with Gasteiger partial charge in [0.2, 0.25) is 0 Å². The Hall–Kier alpha value is -0.260. The van der Waals surface area contributed by atoms with Crippen LogP contribution in [0.1, 0.15) is 26.3 Å². The minimum atomic E-state index is 0.671. The third-order valence-electron chi connectivity index (χ3n) is 3.32. The average molecular weight is 358 g/mol. The van der Waals surface area contributed by atoms with Crippen LogP contribution in [0.25, 0.3) is 0 Å². The summed E-state index contributed by atoms with van der Waals surface area (Å²) in [6, 6.07) is 2.20. The van der Waals surface area contributed by atoms with Gasteiger partial charge in [0.1, 0.15) is 5.82 Å². The lowest BCUT2D eigenvalue weighted by Crippen LogP contribution is -2.38. The number of nitrogens with zero attached hydrogens (tertiary/aromatic N) is 2. The van der Waals surface area contributed by atoms with Crippen LogP contribution < -0.4 is 10.2 Å². The molecule has 0 amide bonds. The summed E-state index contributed by atoms with van der Waals surface area (Å²) < 4.78 is 1.06. The second kappa shape index (κ2) is 7.66. The van der Waals surface area contributed by atoms with Gasteiger partial charge < -0.3 is 10.2 Å². The molecule has 1 N–H and O–H groups in total. The van der Waals surface area contributed by atoms with Gasteiger partial charge in [-0.25, -0.2) is 4.98 Å². The molecular formula is C15H24BrN3S. The minimum absolute atomic E-state index is 0.671. The zero-order valence-electron chi connectivity index (χ0n) is 12.5. The predicted molar refractivity (Wildman–Crippen MR) is 92.6 cm³/mol. The number of thioether (sulfide) groups is 1. The maximum Gasteiger partial charge on any atom is 0.133 e. The number of halogens is 1.